The molecular formula is C20H24O7. The van der Waals surface area contributed by atoms with E-state index < -0.39 is 23.5 Å². The second-order valence-corrected chi connectivity index (χ2v) is 5.50. The van der Waals surface area contributed by atoms with Gasteiger partial charge in [0.25, 0.3) is 0 Å². The van der Waals surface area contributed by atoms with Gasteiger partial charge in [0.15, 0.2) is 23.1 Å². The number of ketones is 2. The molecule has 27 heavy (non-hydrogen) atoms. The molecule has 1 aromatic rings. The first-order valence-electron chi connectivity index (χ1n) is 8.40. The predicted octanol–water partition coefficient (Wildman–Crippen LogP) is 2.67. The average molecular weight is 376 g/mol. The summed E-state index contributed by atoms with van der Waals surface area (Å²) < 4.78 is 14.6. The Kier molecular flexibility index (Phi) is 9.36. The maximum Gasteiger partial charge on any atom is 0.305 e. The van der Waals surface area contributed by atoms with Crippen LogP contribution in [0.25, 0.3) is 6.08 Å². The molecule has 0 saturated carbocycles. The van der Waals surface area contributed by atoms with Crippen LogP contribution in [0.3, 0.4) is 0 Å². The van der Waals surface area contributed by atoms with Crippen molar-refractivity contribution in [1.82, 2.24) is 0 Å². The molecule has 0 heterocycles. The lowest BCUT2D eigenvalue weighted by Gasteiger charge is -2.10. The van der Waals surface area contributed by atoms with Crippen molar-refractivity contribution in [3.63, 3.8) is 0 Å². The number of allylic oxidation sites excluding steroid dienone is 2. The summed E-state index contributed by atoms with van der Waals surface area (Å²) in [6, 6.07) is 4.59. The maximum atomic E-state index is 12.5. The number of hydrogen-bond donors (Lipinski definition) is 1. The minimum absolute atomic E-state index is 0.0202. The molecule has 1 atom stereocenters. The smallest absolute Gasteiger partial charge is 0.305 e. The minimum atomic E-state index is -1.02. The van der Waals surface area contributed by atoms with E-state index in [1.807, 2.05) is 0 Å². The Morgan fingerprint density at radius 1 is 1.15 bits per heavy atom. The third-order valence-corrected chi connectivity index (χ3v) is 3.64. The normalized spacial score (nSPS) is 12.1. The van der Waals surface area contributed by atoms with Gasteiger partial charge < -0.3 is 19.3 Å². The highest BCUT2D eigenvalue weighted by atomic mass is 16.5. The Hall–Kier alpha value is -3.09. The molecule has 0 saturated heterocycles. The summed E-state index contributed by atoms with van der Waals surface area (Å²) >= 11 is 0. The number of phenolic OH excluding ortho intramolecular Hbond substituents is 1. The van der Waals surface area contributed by atoms with Gasteiger partial charge in [0.2, 0.25) is 0 Å². The molecule has 7 heteroatoms. The molecule has 7 nitrogen and oxygen atoms in total. The zero-order valence-corrected chi connectivity index (χ0v) is 15.6. The highest BCUT2D eigenvalue weighted by molar-refractivity contribution is 6.12. The number of ether oxygens (including phenoxy) is 3. The molecule has 0 fully saturated rings. The number of rotatable bonds is 11. The van der Waals surface area contributed by atoms with Crippen LogP contribution in [-0.2, 0) is 23.9 Å². The van der Waals surface area contributed by atoms with Crippen LogP contribution in [0.5, 0.6) is 11.5 Å². The van der Waals surface area contributed by atoms with Gasteiger partial charge in [0, 0.05) is 12.5 Å². The van der Waals surface area contributed by atoms with Gasteiger partial charge in [-0.05, 0) is 37.1 Å². The zero-order chi connectivity index (χ0) is 20.2. The van der Waals surface area contributed by atoms with Crippen molar-refractivity contribution in [2.24, 2.45) is 5.92 Å². The average Bonchev–Trinajstić information content (AvgIpc) is 2.65. The minimum Gasteiger partial charge on any atom is -0.504 e. The van der Waals surface area contributed by atoms with E-state index in [4.69, 9.17) is 14.2 Å². The van der Waals surface area contributed by atoms with Gasteiger partial charge >= 0.3 is 5.97 Å². The first-order valence-corrected chi connectivity index (χ1v) is 8.40. The lowest BCUT2D eigenvalue weighted by molar-refractivity contribution is -0.143. The number of esters is 1. The van der Waals surface area contributed by atoms with Crippen molar-refractivity contribution in [2.75, 3.05) is 20.8 Å². The Bertz CT molecular complexity index is 719. The number of benzene rings is 1. The first kappa shape index (κ1) is 22.0. The summed E-state index contributed by atoms with van der Waals surface area (Å²) in [5, 5.41) is 9.60. The second kappa shape index (κ2) is 11.5. The molecule has 1 N–H and O–H groups in total. The van der Waals surface area contributed by atoms with Crippen LogP contribution in [0, 0.1) is 5.92 Å². The molecule has 0 amide bonds. The largest absolute Gasteiger partial charge is 0.504 e. The molecule has 146 valence electrons. The number of aromatic hydroxyl groups is 1. The molecule has 1 unspecified atom stereocenters. The molecule has 0 aliphatic carbocycles. The van der Waals surface area contributed by atoms with E-state index in [2.05, 4.69) is 0 Å². The molecule has 1 rings (SSSR count). The highest BCUT2D eigenvalue weighted by Gasteiger charge is 2.24. The fraction of sp³-hybridized carbons (Fsp3) is 0.350. The quantitative estimate of drug-likeness (QED) is 0.274. The van der Waals surface area contributed by atoms with Crippen LogP contribution in [0.4, 0.5) is 0 Å². The second-order valence-electron chi connectivity index (χ2n) is 5.50. The predicted molar refractivity (Wildman–Crippen MR) is 99.2 cm³/mol. The molecule has 0 aliphatic heterocycles. The molecule has 1 aromatic carbocycles. The monoisotopic (exact) mass is 376 g/mol. The lowest BCUT2D eigenvalue weighted by Crippen LogP contribution is -2.22. The van der Waals surface area contributed by atoms with Crippen LogP contribution in [0.1, 0.15) is 25.3 Å². The number of phenols is 1. The summed E-state index contributed by atoms with van der Waals surface area (Å²) in [6.07, 6.45) is 5.10. The number of methoxy groups -OCH3 is 2. The topological polar surface area (TPSA) is 99.1 Å². The first-order chi connectivity index (χ1) is 12.9. The van der Waals surface area contributed by atoms with E-state index in [1.165, 1.54) is 38.7 Å². The van der Waals surface area contributed by atoms with Crippen molar-refractivity contribution in [3.05, 3.63) is 42.2 Å². The summed E-state index contributed by atoms with van der Waals surface area (Å²) in [4.78, 5) is 36.3. The van der Waals surface area contributed by atoms with E-state index in [-0.39, 0.29) is 30.9 Å². The van der Waals surface area contributed by atoms with Gasteiger partial charge in [-0.2, -0.15) is 0 Å². The Morgan fingerprint density at radius 3 is 2.48 bits per heavy atom. The van der Waals surface area contributed by atoms with Gasteiger partial charge in [-0.25, -0.2) is 0 Å². The lowest BCUT2D eigenvalue weighted by atomic mass is 9.92. The van der Waals surface area contributed by atoms with Gasteiger partial charge in [-0.1, -0.05) is 12.1 Å². The van der Waals surface area contributed by atoms with Gasteiger partial charge in [0.05, 0.1) is 33.0 Å². The van der Waals surface area contributed by atoms with Crippen LogP contribution in [-0.4, -0.2) is 43.5 Å². The molecule has 0 spiro atoms. The maximum absolute atomic E-state index is 12.5. The third-order valence-electron chi connectivity index (χ3n) is 3.64. The SMILES string of the molecule is CCOC(=O)CCC(C(=O)/C=C/OC)C(=O)/C=C/c1ccc(O)c(OC)c1. The van der Waals surface area contributed by atoms with Crippen molar-refractivity contribution in [2.45, 2.75) is 19.8 Å². The van der Waals surface area contributed by atoms with E-state index in [0.717, 1.165) is 6.08 Å². The number of hydrogen-bond acceptors (Lipinski definition) is 7. The van der Waals surface area contributed by atoms with Crippen molar-refractivity contribution in [3.8, 4) is 11.5 Å². The molecule has 0 radical (unpaired) electrons. The van der Waals surface area contributed by atoms with Crippen molar-refractivity contribution >= 4 is 23.6 Å². The van der Waals surface area contributed by atoms with E-state index >= 15 is 0 Å². The van der Waals surface area contributed by atoms with Gasteiger partial charge in [-0.3, -0.25) is 14.4 Å². The third kappa shape index (κ3) is 7.35. The number of carbonyl (C=O) groups excluding carboxylic acids is 3. The van der Waals surface area contributed by atoms with E-state index in [0.29, 0.717) is 5.56 Å². The molecule has 0 aromatic heterocycles. The Morgan fingerprint density at radius 2 is 1.85 bits per heavy atom. The Balaban J connectivity index is 2.92. The zero-order valence-electron chi connectivity index (χ0n) is 15.6. The Labute approximate surface area is 158 Å². The van der Waals surface area contributed by atoms with Crippen LogP contribution in [0.2, 0.25) is 0 Å². The van der Waals surface area contributed by atoms with Crippen molar-refractivity contribution in [1.29, 1.82) is 0 Å². The summed E-state index contributed by atoms with van der Waals surface area (Å²) in [7, 11) is 2.80. The molecular weight excluding hydrogens is 352 g/mol. The standard InChI is InChI=1S/C20H24O7/c1-4-27-20(24)10-7-15(17(22)11-12-25-2)16(21)8-5-14-6-9-18(23)19(13-14)26-3/h5-6,8-9,11-13,15,23H,4,7,10H2,1-3H3/b8-5+,12-11+. The van der Waals surface area contributed by atoms with Crippen LogP contribution < -0.4 is 4.74 Å². The summed E-state index contributed by atoms with van der Waals surface area (Å²) in [5.41, 5.74) is 0.613. The number of carbonyl (C=O) groups is 3. The highest BCUT2D eigenvalue weighted by Crippen LogP contribution is 2.26. The van der Waals surface area contributed by atoms with E-state index in [9.17, 15) is 19.5 Å². The van der Waals surface area contributed by atoms with Crippen LogP contribution in [0.15, 0.2) is 36.6 Å². The van der Waals surface area contributed by atoms with Crippen molar-refractivity contribution < 1.29 is 33.7 Å². The van der Waals surface area contributed by atoms with Gasteiger partial charge in [0.1, 0.15) is 0 Å². The summed E-state index contributed by atoms with van der Waals surface area (Å²) in [5.74, 6) is -2.14. The summed E-state index contributed by atoms with van der Waals surface area (Å²) in [6.45, 7) is 1.92. The van der Waals surface area contributed by atoms with E-state index in [1.54, 1.807) is 19.1 Å². The fourth-order valence-electron chi connectivity index (χ4n) is 2.26. The molecule has 0 bridgehead atoms. The molecule has 0 aliphatic rings. The van der Waals surface area contributed by atoms with Crippen LogP contribution >= 0.6 is 0 Å². The fourth-order valence-corrected chi connectivity index (χ4v) is 2.26. The van der Waals surface area contributed by atoms with Gasteiger partial charge in [-0.15, -0.1) is 0 Å².